The number of nitrogens with one attached hydrogen (secondary N) is 1. The van der Waals surface area contributed by atoms with Crippen LogP contribution in [0.3, 0.4) is 0 Å². The fourth-order valence-electron chi connectivity index (χ4n) is 3.10. The van der Waals surface area contributed by atoms with E-state index in [1.165, 1.54) is 0 Å². The van der Waals surface area contributed by atoms with Crippen LogP contribution < -0.4 is 19.5 Å². The number of aromatic nitrogens is 1. The molecule has 0 bridgehead atoms. The SMILES string of the molecule is COCCOc1cc2nccc(Nc3cc(OC)c(C)cc3C)c2cc1OC. The van der Waals surface area contributed by atoms with Crippen molar-refractivity contribution in [2.75, 3.05) is 39.9 Å². The zero-order valence-corrected chi connectivity index (χ0v) is 17.0. The molecule has 6 nitrogen and oxygen atoms in total. The van der Waals surface area contributed by atoms with Crippen molar-refractivity contribution >= 4 is 22.3 Å². The molecule has 0 atom stereocenters. The number of nitrogens with zero attached hydrogens (tertiary/aromatic N) is 1. The minimum atomic E-state index is 0.443. The van der Waals surface area contributed by atoms with Crippen LogP contribution in [0.5, 0.6) is 17.2 Å². The van der Waals surface area contributed by atoms with Gasteiger partial charge in [-0.1, -0.05) is 6.07 Å². The highest BCUT2D eigenvalue weighted by molar-refractivity contribution is 5.95. The molecule has 0 aliphatic rings. The van der Waals surface area contributed by atoms with E-state index in [-0.39, 0.29) is 0 Å². The third-order valence-corrected chi connectivity index (χ3v) is 4.58. The number of hydrogen-bond donors (Lipinski definition) is 1. The molecule has 1 heterocycles. The Labute approximate surface area is 165 Å². The van der Waals surface area contributed by atoms with Crippen LogP contribution in [0.25, 0.3) is 10.9 Å². The Morgan fingerprint density at radius 1 is 0.821 bits per heavy atom. The van der Waals surface area contributed by atoms with E-state index in [4.69, 9.17) is 18.9 Å². The van der Waals surface area contributed by atoms with E-state index in [1.54, 1.807) is 27.5 Å². The van der Waals surface area contributed by atoms with Crippen molar-refractivity contribution in [3.8, 4) is 17.2 Å². The summed E-state index contributed by atoms with van der Waals surface area (Å²) in [6, 6.07) is 9.88. The molecule has 0 aliphatic carbocycles. The summed E-state index contributed by atoms with van der Waals surface area (Å²) < 4.78 is 21.8. The van der Waals surface area contributed by atoms with Crippen molar-refractivity contribution in [1.82, 2.24) is 4.98 Å². The van der Waals surface area contributed by atoms with Gasteiger partial charge in [-0.3, -0.25) is 4.98 Å². The Morgan fingerprint density at radius 3 is 2.32 bits per heavy atom. The zero-order chi connectivity index (χ0) is 20.1. The Bertz CT molecular complexity index is 972. The zero-order valence-electron chi connectivity index (χ0n) is 17.0. The predicted molar refractivity (Wildman–Crippen MR) is 111 cm³/mol. The molecule has 148 valence electrons. The van der Waals surface area contributed by atoms with Gasteiger partial charge in [-0.15, -0.1) is 0 Å². The third kappa shape index (κ3) is 4.12. The number of fused-ring (bicyclic) bond motifs is 1. The quantitative estimate of drug-likeness (QED) is 0.573. The molecule has 0 fully saturated rings. The van der Waals surface area contributed by atoms with E-state index in [0.29, 0.717) is 24.7 Å². The molecule has 0 saturated carbocycles. The second kappa shape index (κ2) is 8.80. The summed E-state index contributed by atoms with van der Waals surface area (Å²) in [5.74, 6) is 2.14. The predicted octanol–water partition coefficient (Wildman–Crippen LogP) is 4.64. The molecular formula is C22H26N2O4. The molecule has 6 heteroatoms. The largest absolute Gasteiger partial charge is 0.496 e. The first-order chi connectivity index (χ1) is 13.6. The lowest BCUT2D eigenvalue weighted by Crippen LogP contribution is -2.05. The van der Waals surface area contributed by atoms with Gasteiger partial charge in [0.05, 0.1) is 26.3 Å². The number of aryl methyl sites for hydroxylation is 2. The Balaban J connectivity index is 2.00. The van der Waals surface area contributed by atoms with Crippen molar-refractivity contribution in [2.45, 2.75) is 13.8 Å². The molecule has 3 aromatic rings. The maximum atomic E-state index is 5.77. The Hall–Kier alpha value is -2.99. The average molecular weight is 382 g/mol. The highest BCUT2D eigenvalue weighted by Crippen LogP contribution is 2.36. The smallest absolute Gasteiger partial charge is 0.163 e. The molecule has 2 aromatic carbocycles. The standard InChI is InChI=1S/C22H26N2O4/c1-14-10-15(2)20(26-4)12-18(14)24-17-6-7-23-19-13-22(28-9-8-25-3)21(27-5)11-16(17)19/h6-7,10-13H,8-9H2,1-5H3,(H,23,24). The maximum Gasteiger partial charge on any atom is 0.163 e. The van der Waals surface area contributed by atoms with Gasteiger partial charge < -0.3 is 24.3 Å². The van der Waals surface area contributed by atoms with Gasteiger partial charge in [-0.2, -0.15) is 0 Å². The number of hydrogen-bond acceptors (Lipinski definition) is 6. The number of pyridine rings is 1. The molecule has 3 rings (SSSR count). The van der Waals surface area contributed by atoms with Crippen LogP contribution in [0.1, 0.15) is 11.1 Å². The molecule has 1 N–H and O–H groups in total. The van der Waals surface area contributed by atoms with Crippen LogP contribution in [0, 0.1) is 13.8 Å². The van der Waals surface area contributed by atoms with Crippen molar-refractivity contribution in [2.24, 2.45) is 0 Å². The van der Waals surface area contributed by atoms with Crippen LogP contribution in [0.15, 0.2) is 36.5 Å². The monoisotopic (exact) mass is 382 g/mol. The van der Waals surface area contributed by atoms with E-state index in [0.717, 1.165) is 39.2 Å². The number of methoxy groups -OCH3 is 3. The van der Waals surface area contributed by atoms with Crippen molar-refractivity contribution in [3.05, 3.63) is 47.7 Å². The summed E-state index contributed by atoms with van der Waals surface area (Å²) in [7, 11) is 4.95. The Kier molecular flexibility index (Phi) is 6.21. The average Bonchev–Trinajstić information content (AvgIpc) is 2.69. The number of rotatable bonds is 8. The molecule has 28 heavy (non-hydrogen) atoms. The summed E-state index contributed by atoms with van der Waals surface area (Å²) in [5.41, 5.74) is 4.96. The summed E-state index contributed by atoms with van der Waals surface area (Å²) >= 11 is 0. The summed E-state index contributed by atoms with van der Waals surface area (Å²) in [4.78, 5) is 4.49. The highest BCUT2D eigenvalue weighted by Gasteiger charge is 2.12. The lowest BCUT2D eigenvalue weighted by Gasteiger charge is -2.16. The molecule has 0 spiro atoms. The first kappa shape index (κ1) is 19.8. The molecule has 0 unspecified atom stereocenters. The van der Waals surface area contributed by atoms with Gasteiger partial charge in [-0.05, 0) is 37.1 Å². The van der Waals surface area contributed by atoms with Crippen molar-refractivity contribution < 1.29 is 18.9 Å². The molecule has 0 saturated heterocycles. The van der Waals surface area contributed by atoms with Crippen molar-refractivity contribution in [3.63, 3.8) is 0 Å². The fourth-order valence-corrected chi connectivity index (χ4v) is 3.10. The van der Waals surface area contributed by atoms with E-state index in [9.17, 15) is 0 Å². The van der Waals surface area contributed by atoms with Gasteiger partial charge >= 0.3 is 0 Å². The van der Waals surface area contributed by atoms with Crippen LogP contribution in [0.4, 0.5) is 11.4 Å². The minimum Gasteiger partial charge on any atom is -0.496 e. The first-order valence-corrected chi connectivity index (χ1v) is 9.08. The first-order valence-electron chi connectivity index (χ1n) is 9.08. The molecular weight excluding hydrogens is 356 g/mol. The molecule has 0 aliphatic heterocycles. The van der Waals surface area contributed by atoms with Gasteiger partial charge in [0.25, 0.3) is 0 Å². The second-order valence-corrected chi connectivity index (χ2v) is 6.48. The number of anilines is 2. The summed E-state index contributed by atoms with van der Waals surface area (Å²) in [5, 5.41) is 4.45. The lowest BCUT2D eigenvalue weighted by molar-refractivity contribution is 0.144. The normalized spacial score (nSPS) is 10.8. The van der Waals surface area contributed by atoms with E-state index in [2.05, 4.69) is 23.3 Å². The van der Waals surface area contributed by atoms with Gasteiger partial charge in [-0.25, -0.2) is 0 Å². The molecule has 0 amide bonds. The van der Waals surface area contributed by atoms with E-state index >= 15 is 0 Å². The topological polar surface area (TPSA) is 61.8 Å². The summed E-state index contributed by atoms with van der Waals surface area (Å²) in [6.07, 6.45) is 1.77. The number of benzene rings is 2. The lowest BCUT2D eigenvalue weighted by atomic mass is 10.1. The maximum absolute atomic E-state index is 5.77. The summed E-state index contributed by atoms with van der Waals surface area (Å²) in [6.45, 7) is 5.05. The van der Waals surface area contributed by atoms with Crippen molar-refractivity contribution in [1.29, 1.82) is 0 Å². The van der Waals surface area contributed by atoms with Crippen LogP contribution in [-0.4, -0.2) is 39.5 Å². The number of ether oxygens (including phenoxy) is 4. The van der Waals surface area contributed by atoms with Gasteiger partial charge in [0.2, 0.25) is 0 Å². The van der Waals surface area contributed by atoms with Gasteiger partial charge in [0, 0.05) is 42.2 Å². The Morgan fingerprint density at radius 2 is 1.61 bits per heavy atom. The second-order valence-electron chi connectivity index (χ2n) is 6.48. The molecule has 0 radical (unpaired) electrons. The third-order valence-electron chi connectivity index (χ3n) is 4.58. The van der Waals surface area contributed by atoms with E-state index < -0.39 is 0 Å². The van der Waals surface area contributed by atoms with Gasteiger partial charge in [0.15, 0.2) is 11.5 Å². The fraction of sp³-hybridized carbons (Fsp3) is 0.318. The highest BCUT2D eigenvalue weighted by atomic mass is 16.5. The van der Waals surface area contributed by atoms with Crippen LogP contribution >= 0.6 is 0 Å². The van der Waals surface area contributed by atoms with Crippen LogP contribution in [-0.2, 0) is 4.74 Å². The minimum absolute atomic E-state index is 0.443. The van der Waals surface area contributed by atoms with Gasteiger partial charge in [0.1, 0.15) is 12.4 Å². The molecule has 1 aromatic heterocycles. The van der Waals surface area contributed by atoms with Crippen LogP contribution in [0.2, 0.25) is 0 Å². The van der Waals surface area contributed by atoms with E-state index in [1.807, 2.05) is 31.2 Å².